The lowest BCUT2D eigenvalue weighted by Crippen LogP contribution is -2.47. The number of allylic oxidation sites excluding steroid dienone is 1. The zero-order valence-corrected chi connectivity index (χ0v) is 14.4. The summed E-state index contributed by atoms with van der Waals surface area (Å²) >= 11 is 10.6. The fourth-order valence-electron chi connectivity index (χ4n) is 2.93. The van der Waals surface area contributed by atoms with E-state index in [-0.39, 0.29) is 28.7 Å². The highest BCUT2D eigenvalue weighted by Crippen LogP contribution is 2.25. The SMILES string of the molecule is CCC(S)/C=C1/CCN(C(=O)NC2CC=CC(Cl)C2)C1C. The van der Waals surface area contributed by atoms with Crippen LogP contribution in [0.5, 0.6) is 0 Å². The fraction of sp³-hybridized carbons (Fsp3) is 0.688. The van der Waals surface area contributed by atoms with Gasteiger partial charge in [0.2, 0.25) is 0 Å². The lowest BCUT2D eigenvalue weighted by Gasteiger charge is -2.28. The number of rotatable bonds is 3. The number of hydrogen-bond acceptors (Lipinski definition) is 2. The average Bonchev–Trinajstić information content (AvgIpc) is 2.80. The number of alkyl halides is 1. The zero-order valence-electron chi connectivity index (χ0n) is 12.8. The van der Waals surface area contributed by atoms with Crippen LogP contribution in [0.3, 0.4) is 0 Å². The van der Waals surface area contributed by atoms with E-state index in [0.29, 0.717) is 0 Å². The molecule has 0 aromatic heterocycles. The van der Waals surface area contributed by atoms with Crippen molar-refractivity contribution in [3.05, 3.63) is 23.8 Å². The third-order valence-electron chi connectivity index (χ3n) is 4.33. The van der Waals surface area contributed by atoms with Crippen molar-refractivity contribution in [2.45, 2.75) is 62.2 Å². The number of nitrogens with one attached hydrogen (secondary N) is 1. The van der Waals surface area contributed by atoms with Crippen LogP contribution in [0.25, 0.3) is 0 Å². The highest BCUT2D eigenvalue weighted by atomic mass is 35.5. The van der Waals surface area contributed by atoms with Crippen LogP contribution < -0.4 is 5.32 Å². The lowest BCUT2D eigenvalue weighted by molar-refractivity contribution is 0.193. The normalized spacial score (nSPS) is 32.5. The van der Waals surface area contributed by atoms with Crippen molar-refractivity contribution in [1.29, 1.82) is 0 Å². The monoisotopic (exact) mass is 328 g/mol. The van der Waals surface area contributed by atoms with Gasteiger partial charge in [-0.25, -0.2) is 4.79 Å². The zero-order chi connectivity index (χ0) is 15.4. The summed E-state index contributed by atoms with van der Waals surface area (Å²) in [5.74, 6) is 0. The molecule has 4 unspecified atom stereocenters. The first-order chi connectivity index (χ1) is 10.0. The predicted octanol–water partition coefficient (Wildman–Crippen LogP) is 3.75. The number of carbonyl (C=O) groups is 1. The van der Waals surface area contributed by atoms with E-state index in [9.17, 15) is 4.79 Å². The molecule has 1 fully saturated rings. The summed E-state index contributed by atoms with van der Waals surface area (Å²) in [5.41, 5.74) is 1.32. The van der Waals surface area contributed by atoms with Gasteiger partial charge >= 0.3 is 6.03 Å². The van der Waals surface area contributed by atoms with Crippen LogP contribution in [0.4, 0.5) is 4.79 Å². The number of halogens is 1. The van der Waals surface area contributed by atoms with E-state index >= 15 is 0 Å². The third-order valence-corrected chi connectivity index (χ3v) is 5.17. The van der Waals surface area contributed by atoms with Crippen LogP contribution in [0.2, 0.25) is 0 Å². The van der Waals surface area contributed by atoms with Gasteiger partial charge in [0.05, 0.1) is 11.4 Å². The lowest BCUT2D eigenvalue weighted by atomic mass is 10.0. The van der Waals surface area contributed by atoms with Crippen molar-refractivity contribution in [2.75, 3.05) is 6.54 Å². The summed E-state index contributed by atoms with van der Waals surface area (Å²) in [6.07, 6.45) is 9.90. The summed E-state index contributed by atoms with van der Waals surface area (Å²) in [7, 11) is 0. The molecule has 0 radical (unpaired) electrons. The van der Waals surface area contributed by atoms with Gasteiger partial charge in [0, 0.05) is 17.8 Å². The Hall–Kier alpha value is -0.610. The van der Waals surface area contributed by atoms with Crippen molar-refractivity contribution in [3.63, 3.8) is 0 Å². The minimum Gasteiger partial charge on any atom is -0.335 e. The predicted molar refractivity (Wildman–Crippen MR) is 92.3 cm³/mol. The smallest absolute Gasteiger partial charge is 0.318 e. The van der Waals surface area contributed by atoms with Gasteiger partial charge in [-0.2, -0.15) is 12.6 Å². The summed E-state index contributed by atoms with van der Waals surface area (Å²) in [5, 5.41) is 3.43. The van der Waals surface area contributed by atoms with E-state index in [1.807, 2.05) is 11.0 Å². The van der Waals surface area contributed by atoms with Crippen molar-refractivity contribution < 1.29 is 4.79 Å². The van der Waals surface area contributed by atoms with Gasteiger partial charge in [-0.1, -0.05) is 25.2 Å². The van der Waals surface area contributed by atoms with E-state index in [2.05, 4.69) is 43.9 Å². The van der Waals surface area contributed by atoms with Gasteiger partial charge in [-0.05, 0) is 38.2 Å². The van der Waals surface area contributed by atoms with Crippen molar-refractivity contribution >= 4 is 30.3 Å². The van der Waals surface area contributed by atoms with Crippen LogP contribution in [0, 0.1) is 0 Å². The molecular weight excluding hydrogens is 304 g/mol. The molecule has 2 aliphatic rings. The van der Waals surface area contributed by atoms with Crippen LogP contribution >= 0.6 is 24.2 Å². The molecule has 0 aromatic rings. The van der Waals surface area contributed by atoms with Crippen LogP contribution in [-0.2, 0) is 0 Å². The largest absolute Gasteiger partial charge is 0.335 e. The summed E-state index contributed by atoms with van der Waals surface area (Å²) < 4.78 is 0. The highest BCUT2D eigenvalue weighted by molar-refractivity contribution is 7.81. The van der Waals surface area contributed by atoms with Crippen molar-refractivity contribution in [3.8, 4) is 0 Å². The number of likely N-dealkylation sites (tertiary alicyclic amines) is 1. The Kier molecular flexibility index (Phi) is 6.06. The quantitative estimate of drug-likeness (QED) is 0.461. The molecule has 0 bridgehead atoms. The second kappa shape index (κ2) is 7.59. The molecule has 1 aliphatic heterocycles. The fourth-order valence-corrected chi connectivity index (χ4v) is 3.44. The molecule has 4 atom stereocenters. The molecule has 118 valence electrons. The molecule has 2 rings (SSSR count). The Labute approximate surface area is 138 Å². The summed E-state index contributed by atoms with van der Waals surface area (Å²) in [4.78, 5) is 14.4. The molecule has 21 heavy (non-hydrogen) atoms. The van der Waals surface area contributed by atoms with E-state index in [0.717, 1.165) is 32.2 Å². The number of thiol groups is 1. The summed E-state index contributed by atoms with van der Waals surface area (Å²) in [6.45, 7) is 5.01. The molecule has 1 aliphatic carbocycles. The molecule has 2 amide bonds. The van der Waals surface area contributed by atoms with Crippen LogP contribution in [0.1, 0.15) is 39.5 Å². The van der Waals surface area contributed by atoms with E-state index in [1.54, 1.807) is 0 Å². The standard InChI is InChI=1S/C16H25ClN2OS/c1-3-15(21)9-12-7-8-19(11(12)2)16(20)18-14-6-4-5-13(17)10-14/h4-5,9,11,13-15,21H,3,6-8,10H2,1-2H3,(H,18,20)/b12-9-. The Bertz CT molecular complexity index is 438. The topological polar surface area (TPSA) is 32.3 Å². The van der Waals surface area contributed by atoms with Crippen LogP contribution in [0.15, 0.2) is 23.8 Å². The molecule has 1 N–H and O–H groups in total. The molecule has 1 saturated heterocycles. The third kappa shape index (κ3) is 4.43. The van der Waals surface area contributed by atoms with Gasteiger partial charge in [-0.3, -0.25) is 0 Å². The Morgan fingerprint density at radius 2 is 2.43 bits per heavy atom. The van der Waals surface area contributed by atoms with Gasteiger partial charge in [-0.15, -0.1) is 11.6 Å². The second-order valence-corrected chi connectivity index (χ2v) is 7.12. The molecule has 0 saturated carbocycles. The Balaban J connectivity index is 1.92. The molecule has 5 heteroatoms. The van der Waals surface area contributed by atoms with Gasteiger partial charge < -0.3 is 10.2 Å². The highest BCUT2D eigenvalue weighted by Gasteiger charge is 2.30. The van der Waals surface area contributed by atoms with E-state index in [4.69, 9.17) is 11.6 Å². The first kappa shape index (κ1) is 16.8. The maximum Gasteiger partial charge on any atom is 0.318 e. The first-order valence-corrected chi connectivity index (χ1v) is 8.73. The minimum atomic E-state index is 0.0299. The summed E-state index contributed by atoms with van der Waals surface area (Å²) in [6, 6.07) is 0.345. The maximum absolute atomic E-state index is 12.4. The maximum atomic E-state index is 12.4. The van der Waals surface area contributed by atoms with Crippen molar-refractivity contribution in [1.82, 2.24) is 10.2 Å². The molecule has 0 spiro atoms. The van der Waals surface area contributed by atoms with Gasteiger partial charge in [0.25, 0.3) is 0 Å². The Morgan fingerprint density at radius 3 is 3.10 bits per heavy atom. The van der Waals surface area contributed by atoms with Crippen LogP contribution in [-0.4, -0.2) is 40.2 Å². The minimum absolute atomic E-state index is 0.0299. The molecule has 0 aromatic carbocycles. The number of urea groups is 1. The average molecular weight is 329 g/mol. The van der Waals surface area contributed by atoms with Crippen molar-refractivity contribution in [2.24, 2.45) is 0 Å². The molecule has 1 heterocycles. The van der Waals surface area contributed by atoms with Gasteiger partial charge in [0.1, 0.15) is 0 Å². The Morgan fingerprint density at radius 1 is 1.67 bits per heavy atom. The number of amides is 2. The van der Waals surface area contributed by atoms with E-state index < -0.39 is 0 Å². The molecule has 3 nitrogen and oxygen atoms in total. The van der Waals surface area contributed by atoms with E-state index in [1.165, 1.54) is 5.57 Å². The molecular formula is C16H25ClN2OS. The second-order valence-electron chi connectivity index (χ2n) is 5.90. The number of hydrogen-bond donors (Lipinski definition) is 2. The van der Waals surface area contributed by atoms with Gasteiger partial charge in [0.15, 0.2) is 0 Å². The first-order valence-electron chi connectivity index (χ1n) is 7.77. The number of carbonyl (C=O) groups excluding carboxylic acids is 1. The number of nitrogens with zero attached hydrogens (tertiary/aromatic N) is 1.